The van der Waals surface area contributed by atoms with Crippen molar-refractivity contribution in [3.63, 3.8) is 0 Å². The summed E-state index contributed by atoms with van der Waals surface area (Å²) in [5.41, 5.74) is 4.41. The lowest BCUT2D eigenvalue weighted by Crippen LogP contribution is -2.37. The lowest BCUT2D eigenvalue weighted by atomic mass is 9.70. The van der Waals surface area contributed by atoms with Crippen molar-refractivity contribution in [2.24, 2.45) is 17.8 Å². The predicted octanol–water partition coefficient (Wildman–Crippen LogP) is 3.68. The van der Waals surface area contributed by atoms with E-state index in [1.807, 2.05) is 19.1 Å². The fourth-order valence-electron chi connectivity index (χ4n) is 5.19. The van der Waals surface area contributed by atoms with Crippen LogP contribution in [0.5, 0.6) is 5.75 Å². The minimum atomic E-state index is -0.908. The zero-order valence-electron chi connectivity index (χ0n) is 18.0. The summed E-state index contributed by atoms with van der Waals surface area (Å²) in [7, 11) is 1.17. The van der Waals surface area contributed by atoms with Gasteiger partial charge in [0.15, 0.2) is 0 Å². The van der Waals surface area contributed by atoms with Crippen molar-refractivity contribution < 1.29 is 29.0 Å². The summed E-state index contributed by atoms with van der Waals surface area (Å²) in [6.07, 6.45) is 3.15. The van der Waals surface area contributed by atoms with Gasteiger partial charge in [0.1, 0.15) is 5.75 Å². The fraction of sp³-hybridized carbons (Fsp3) is 0.458. The highest BCUT2D eigenvalue weighted by Crippen LogP contribution is 2.49. The van der Waals surface area contributed by atoms with Crippen molar-refractivity contribution in [3.8, 4) is 5.75 Å². The number of phenols is 1. The number of amides is 3. The third kappa shape index (κ3) is 3.78. The van der Waals surface area contributed by atoms with Crippen LogP contribution < -0.4 is 0 Å². The van der Waals surface area contributed by atoms with Gasteiger partial charge >= 0.3 is 6.09 Å². The second-order valence-corrected chi connectivity index (χ2v) is 8.60. The maximum atomic E-state index is 12.9. The van der Waals surface area contributed by atoms with Gasteiger partial charge in [-0.3, -0.25) is 9.59 Å². The van der Waals surface area contributed by atoms with Crippen LogP contribution in [-0.4, -0.2) is 47.7 Å². The van der Waals surface area contributed by atoms with Gasteiger partial charge in [0.05, 0.1) is 31.7 Å². The van der Waals surface area contributed by atoms with Crippen LogP contribution in [0.25, 0.3) is 6.08 Å². The molecule has 0 aromatic heterocycles. The second kappa shape index (κ2) is 8.30. The van der Waals surface area contributed by atoms with Crippen LogP contribution in [0, 0.1) is 17.8 Å². The van der Waals surface area contributed by atoms with E-state index in [4.69, 9.17) is 4.74 Å². The lowest BCUT2D eigenvalue weighted by Gasteiger charge is -2.30. The van der Waals surface area contributed by atoms with Crippen molar-refractivity contribution >= 4 is 24.0 Å². The van der Waals surface area contributed by atoms with E-state index in [0.29, 0.717) is 17.9 Å². The highest BCUT2D eigenvalue weighted by Gasteiger charge is 2.58. The molecule has 1 N–H and O–H groups in total. The molecule has 2 saturated heterocycles. The molecule has 3 aliphatic rings. The topological polar surface area (TPSA) is 93.1 Å². The molecule has 1 aliphatic carbocycles. The van der Waals surface area contributed by atoms with Gasteiger partial charge in [-0.05, 0) is 56.4 Å². The van der Waals surface area contributed by atoms with Gasteiger partial charge in [-0.15, -0.1) is 0 Å². The number of benzene rings is 1. The smallest absolute Gasteiger partial charge is 0.423 e. The van der Waals surface area contributed by atoms with E-state index in [1.165, 1.54) is 12.7 Å². The molecule has 2 aliphatic heterocycles. The van der Waals surface area contributed by atoms with E-state index in [0.717, 1.165) is 29.6 Å². The highest BCUT2D eigenvalue weighted by atomic mass is 16.5. The van der Waals surface area contributed by atoms with Gasteiger partial charge in [-0.2, -0.15) is 4.90 Å². The predicted molar refractivity (Wildman–Crippen MR) is 113 cm³/mol. The quantitative estimate of drug-likeness (QED) is 0.584. The normalized spacial score (nSPS) is 28.1. The summed E-state index contributed by atoms with van der Waals surface area (Å²) in [5.74, 6) is -1.93. The number of rotatable bonds is 4. The molecule has 0 saturated carbocycles. The number of likely N-dealkylation sites (tertiary alicyclic amines) is 1. The Kier molecular flexibility index (Phi) is 5.71. The van der Waals surface area contributed by atoms with Crippen LogP contribution in [0.4, 0.5) is 4.79 Å². The molecular formula is C24H27NO6. The molecule has 4 atom stereocenters. The average Bonchev–Trinajstić information content (AvgIpc) is 3.27. The number of fused-ring (bicyclic) bond motifs is 3. The first kappa shape index (κ1) is 21.3. The van der Waals surface area contributed by atoms with Crippen molar-refractivity contribution in [3.05, 3.63) is 46.5 Å². The number of imide groups is 3. The molecule has 0 unspecified atom stereocenters. The Bertz CT molecular complexity index is 976. The first-order valence-corrected chi connectivity index (χ1v) is 10.5. The van der Waals surface area contributed by atoms with Gasteiger partial charge in [-0.1, -0.05) is 29.4 Å². The zero-order valence-corrected chi connectivity index (χ0v) is 18.0. The highest BCUT2D eigenvalue weighted by molar-refractivity contribution is 6.16. The maximum absolute atomic E-state index is 12.9. The first-order chi connectivity index (χ1) is 14.8. The van der Waals surface area contributed by atoms with Crippen molar-refractivity contribution in [2.75, 3.05) is 13.7 Å². The first-order valence-electron chi connectivity index (χ1n) is 10.5. The van der Waals surface area contributed by atoms with Crippen molar-refractivity contribution in [1.82, 2.24) is 4.90 Å². The SMILES string of the molecule is COC(=O)N1C(=O)[C@@H]2[C@@H](CC(C)=C3[C@@H](CC/C(C)=C/c4ccc(O)cc4)OC[C@@H]32)C1=O. The van der Waals surface area contributed by atoms with E-state index < -0.39 is 29.7 Å². The number of ether oxygens (including phenoxy) is 2. The van der Waals surface area contributed by atoms with Gasteiger partial charge < -0.3 is 14.6 Å². The minimum Gasteiger partial charge on any atom is -0.508 e. The van der Waals surface area contributed by atoms with E-state index in [-0.39, 0.29) is 17.8 Å². The molecule has 2 fully saturated rings. The Morgan fingerprint density at radius 1 is 1.23 bits per heavy atom. The summed E-state index contributed by atoms with van der Waals surface area (Å²) in [4.78, 5) is 38.2. The number of phenolic OH excluding ortho intramolecular Hbond substituents is 1. The lowest BCUT2D eigenvalue weighted by molar-refractivity contribution is -0.137. The molecule has 0 spiro atoms. The summed E-state index contributed by atoms with van der Waals surface area (Å²) in [6, 6.07) is 7.05. The van der Waals surface area contributed by atoms with Gasteiger partial charge in [0.2, 0.25) is 11.8 Å². The largest absolute Gasteiger partial charge is 0.508 e. The number of nitrogens with zero attached hydrogens (tertiary/aromatic N) is 1. The van der Waals surface area contributed by atoms with Crippen LogP contribution in [-0.2, 0) is 19.1 Å². The fourth-order valence-corrected chi connectivity index (χ4v) is 5.19. The van der Waals surface area contributed by atoms with Crippen LogP contribution in [0.15, 0.2) is 41.0 Å². The number of methoxy groups -OCH3 is 1. The molecule has 31 heavy (non-hydrogen) atoms. The molecule has 4 rings (SSSR count). The Hall–Kier alpha value is -2.93. The molecule has 3 amide bonds. The third-order valence-electron chi connectivity index (χ3n) is 6.62. The summed E-state index contributed by atoms with van der Waals surface area (Å²) >= 11 is 0. The number of hydrogen-bond acceptors (Lipinski definition) is 6. The zero-order chi connectivity index (χ0) is 22.3. The monoisotopic (exact) mass is 425 g/mol. The summed E-state index contributed by atoms with van der Waals surface area (Å²) in [5, 5.41) is 9.42. The molecule has 0 radical (unpaired) electrons. The minimum absolute atomic E-state index is 0.0933. The molecule has 164 valence electrons. The molecule has 0 bridgehead atoms. The molecule has 1 aromatic carbocycles. The Labute approximate surface area is 181 Å². The maximum Gasteiger partial charge on any atom is 0.423 e. The molecule has 7 heteroatoms. The number of aromatic hydroxyl groups is 1. The third-order valence-corrected chi connectivity index (χ3v) is 6.62. The standard InChI is InChI=1S/C24H27NO6/c1-13(10-15-5-7-16(26)8-6-15)4-9-19-20-14(2)11-17-21(18(20)12-31-19)23(28)25(22(17)27)24(29)30-3/h5-8,10,17-19,21,26H,4,9,11-12H2,1-3H3/b13-10+/t17-,18+,19-,21-/m1/s1. The van der Waals surface area contributed by atoms with Gasteiger partial charge in [0, 0.05) is 5.92 Å². The van der Waals surface area contributed by atoms with Crippen LogP contribution in [0.1, 0.15) is 38.7 Å². The van der Waals surface area contributed by atoms with Gasteiger partial charge in [0.25, 0.3) is 0 Å². The summed E-state index contributed by atoms with van der Waals surface area (Å²) in [6.45, 7) is 4.44. The number of carbonyl (C=O) groups excluding carboxylic acids is 3. The van der Waals surface area contributed by atoms with E-state index >= 15 is 0 Å². The summed E-state index contributed by atoms with van der Waals surface area (Å²) < 4.78 is 10.7. The van der Waals surface area contributed by atoms with Crippen LogP contribution >= 0.6 is 0 Å². The van der Waals surface area contributed by atoms with E-state index in [9.17, 15) is 19.5 Å². The van der Waals surface area contributed by atoms with E-state index in [1.54, 1.807) is 12.1 Å². The number of allylic oxidation sites excluding steroid dienone is 2. The number of hydrogen-bond donors (Lipinski definition) is 1. The Balaban J connectivity index is 1.48. The molecule has 2 heterocycles. The number of carbonyl (C=O) groups is 3. The molecular weight excluding hydrogens is 398 g/mol. The molecule has 1 aromatic rings. The van der Waals surface area contributed by atoms with Crippen LogP contribution in [0.2, 0.25) is 0 Å². The van der Waals surface area contributed by atoms with Gasteiger partial charge in [-0.25, -0.2) is 4.79 Å². The van der Waals surface area contributed by atoms with E-state index in [2.05, 4.69) is 17.7 Å². The Morgan fingerprint density at radius 2 is 1.94 bits per heavy atom. The second-order valence-electron chi connectivity index (χ2n) is 8.60. The average molecular weight is 425 g/mol. The molecule has 7 nitrogen and oxygen atoms in total. The van der Waals surface area contributed by atoms with Crippen molar-refractivity contribution in [1.29, 1.82) is 0 Å². The van der Waals surface area contributed by atoms with Crippen LogP contribution in [0.3, 0.4) is 0 Å². The van der Waals surface area contributed by atoms with Crippen molar-refractivity contribution in [2.45, 2.75) is 39.2 Å². The Morgan fingerprint density at radius 3 is 2.61 bits per heavy atom.